The van der Waals surface area contributed by atoms with Crippen LogP contribution in [0.15, 0.2) is 27.8 Å². The number of amides is 1. The Morgan fingerprint density at radius 2 is 2.00 bits per heavy atom. The molecule has 1 N–H and O–H groups in total. The van der Waals surface area contributed by atoms with Gasteiger partial charge in [0, 0.05) is 52.9 Å². The molecule has 1 aliphatic heterocycles. The van der Waals surface area contributed by atoms with Crippen LogP contribution in [0.5, 0.6) is 0 Å². The average Bonchev–Trinajstić information content (AvgIpc) is 3.20. The van der Waals surface area contributed by atoms with Crippen molar-refractivity contribution in [3.05, 3.63) is 24.2 Å². The van der Waals surface area contributed by atoms with Gasteiger partial charge < -0.3 is 29.2 Å². The maximum absolute atomic E-state index is 12.3. The molecule has 1 aliphatic rings. The molecule has 0 aromatic carbocycles. The predicted octanol–water partition coefficient (Wildman–Crippen LogP) is 1.20. The molecule has 1 aromatic rings. The lowest BCUT2D eigenvalue weighted by Gasteiger charge is -2.36. The number of guanidine groups is 1. The third-order valence-corrected chi connectivity index (χ3v) is 4.35. The van der Waals surface area contributed by atoms with E-state index < -0.39 is 0 Å². The van der Waals surface area contributed by atoms with E-state index in [2.05, 4.69) is 29.1 Å². The number of nitrogens with zero attached hydrogens (tertiary/aromatic N) is 4. The van der Waals surface area contributed by atoms with E-state index in [0.29, 0.717) is 18.8 Å². The van der Waals surface area contributed by atoms with Gasteiger partial charge in [-0.3, -0.25) is 9.79 Å². The molecule has 0 spiro atoms. The number of methoxy groups -OCH3 is 1. The molecule has 0 unspecified atom stereocenters. The predicted molar refractivity (Wildman–Crippen MR) is 117 cm³/mol. The number of hydrogen-bond donors (Lipinski definition) is 1. The van der Waals surface area contributed by atoms with Gasteiger partial charge in [-0.05, 0) is 26.1 Å². The first-order valence-corrected chi connectivity index (χ1v) is 9.19. The van der Waals surface area contributed by atoms with Crippen molar-refractivity contribution in [3.8, 4) is 0 Å². The highest BCUT2D eigenvalue weighted by molar-refractivity contribution is 14.0. The number of halogens is 1. The van der Waals surface area contributed by atoms with Gasteiger partial charge in [0.1, 0.15) is 0 Å². The van der Waals surface area contributed by atoms with Crippen molar-refractivity contribution in [1.82, 2.24) is 20.0 Å². The van der Waals surface area contributed by atoms with E-state index in [9.17, 15) is 4.79 Å². The summed E-state index contributed by atoms with van der Waals surface area (Å²) in [5.74, 6) is 1.27. The second-order valence-corrected chi connectivity index (χ2v) is 6.29. The van der Waals surface area contributed by atoms with E-state index >= 15 is 0 Å². The van der Waals surface area contributed by atoms with Gasteiger partial charge in [-0.25, -0.2) is 0 Å². The molecule has 0 bridgehead atoms. The molecule has 2 rings (SSSR count). The summed E-state index contributed by atoms with van der Waals surface area (Å²) in [4.78, 5) is 23.3. The largest absolute Gasteiger partial charge is 0.459 e. The molecule has 0 aliphatic carbocycles. The van der Waals surface area contributed by atoms with Gasteiger partial charge in [0.05, 0.1) is 19.4 Å². The number of hydrogen-bond acceptors (Lipinski definition) is 5. The fraction of sp³-hybridized carbons (Fsp3) is 0.667. The van der Waals surface area contributed by atoms with Crippen molar-refractivity contribution < 1.29 is 13.9 Å². The number of ether oxygens (including phenoxy) is 1. The number of aliphatic imine (C=N–C) groups is 1. The van der Waals surface area contributed by atoms with Crippen molar-refractivity contribution in [2.75, 3.05) is 73.1 Å². The zero-order chi connectivity index (χ0) is 18.8. The maximum atomic E-state index is 12.3. The van der Waals surface area contributed by atoms with Crippen LogP contribution in [-0.4, -0.2) is 99.7 Å². The van der Waals surface area contributed by atoms with Crippen molar-refractivity contribution in [1.29, 1.82) is 0 Å². The summed E-state index contributed by atoms with van der Waals surface area (Å²) < 4.78 is 10.3. The molecule has 1 aromatic heterocycles. The van der Waals surface area contributed by atoms with E-state index in [1.807, 2.05) is 4.90 Å². The maximum Gasteiger partial charge on any atom is 0.289 e. The molecule has 9 heteroatoms. The number of carbonyl (C=O) groups excluding carboxylic acids is 1. The van der Waals surface area contributed by atoms with Crippen LogP contribution < -0.4 is 5.32 Å². The first kappa shape index (κ1) is 23.7. The Hall–Kier alpha value is -1.33. The van der Waals surface area contributed by atoms with Crippen LogP contribution in [0, 0.1) is 0 Å². The van der Waals surface area contributed by atoms with E-state index in [1.165, 1.54) is 6.26 Å². The van der Waals surface area contributed by atoms with Gasteiger partial charge in [0.15, 0.2) is 11.7 Å². The molecule has 154 valence electrons. The summed E-state index contributed by atoms with van der Waals surface area (Å²) in [7, 11) is 3.78. The van der Waals surface area contributed by atoms with Crippen molar-refractivity contribution in [2.24, 2.45) is 4.99 Å². The minimum Gasteiger partial charge on any atom is -0.459 e. The van der Waals surface area contributed by atoms with Crippen LogP contribution in [-0.2, 0) is 4.74 Å². The minimum absolute atomic E-state index is 0. The second-order valence-electron chi connectivity index (χ2n) is 6.29. The van der Waals surface area contributed by atoms with Gasteiger partial charge in [-0.15, -0.1) is 24.0 Å². The Balaban J connectivity index is 0.00000364. The second kappa shape index (κ2) is 12.9. The van der Waals surface area contributed by atoms with Crippen LogP contribution in [0.1, 0.15) is 17.5 Å². The topological polar surface area (TPSA) is 73.6 Å². The molecule has 0 atom stereocenters. The molecule has 1 saturated heterocycles. The normalized spacial score (nSPS) is 15.0. The zero-order valence-electron chi connectivity index (χ0n) is 16.5. The van der Waals surface area contributed by atoms with E-state index in [4.69, 9.17) is 14.1 Å². The summed E-state index contributed by atoms with van der Waals surface area (Å²) >= 11 is 0. The van der Waals surface area contributed by atoms with Gasteiger partial charge in [0.25, 0.3) is 5.91 Å². The highest BCUT2D eigenvalue weighted by atomic mass is 127. The molecule has 1 amide bonds. The number of furan rings is 1. The average molecular weight is 493 g/mol. The fourth-order valence-electron chi connectivity index (χ4n) is 2.79. The Labute approximate surface area is 178 Å². The molecule has 8 nitrogen and oxygen atoms in total. The highest BCUT2D eigenvalue weighted by Crippen LogP contribution is 2.09. The summed E-state index contributed by atoms with van der Waals surface area (Å²) in [5.41, 5.74) is 0. The minimum atomic E-state index is -0.0450. The van der Waals surface area contributed by atoms with Crippen LogP contribution in [0.3, 0.4) is 0 Å². The lowest BCUT2D eigenvalue weighted by molar-refractivity contribution is 0.0657. The van der Waals surface area contributed by atoms with E-state index in [1.54, 1.807) is 19.2 Å². The van der Waals surface area contributed by atoms with Crippen LogP contribution in [0.4, 0.5) is 0 Å². The number of piperazine rings is 1. The highest BCUT2D eigenvalue weighted by Gasteiger charge is 2.25. The molecule has 0 radical (unpaired) electrons. The summed E-state index contributed by atoms with van der Waals surface area (Å²) in [6.07, 6.45) is 1.53. The van der Waals surface area contributed by atoms with E-state index in [-0.39, 0.29) is 29.9 Å². The molecule has 27 heavy (non-hydrogen) atoms. The van der Waals surface area contributed by atoms with Gasteiger partial charge >= 0.3 is 0 Å². The Morgan fingerprint density at radius 3 is 2.59 bits per heavy atom. The lowest BCUT2D eigenvalue weighted by Crippen LogP contribution is -2.53. The zero-order valence-corrected chi connectivity index (χ0v) is 18.8. The number of carbonyl (C=O) groups is 1. The van der Waals surface area contributed by atoms with E-state index in [0.717, 1.165) is 51.8 Å². The first-order chi connectivity index (χ1) is 12.7. The lowest BCUT2D eigenvalue weighted by atomic mass is 10.3. The molecule has 2 heterocycles. The Bertz CT molecular complexity index is 559. The first-order valence-electron chi connectivity index (χ1n) is 9.19. The van der Waals surface area contributed by atoms with Gasteiger partial charge in [-0.1, -0.05) is 0 Å². The van der Waals surface area contributed by atoms with Crippen molar-refractivity contribution in [3.63, 3.8) is 0 Å². The smallest absolute Gasteiger partial charge is 0.289 e. The Morgan fingerprint density at radius 1 is 1.30 bits per heavy atom. The SMILES string of the molecule is CCNC(=NCCN(C)CCOC)N1CCN(C(=O)c2ccco2)CC1.I. The quantitative estimate of drug-likeness (QED) is 0.334. The summed E-state index contributed by atoms with van der Waals surface area (Å²) in [5, 5.41) is 3.35. The third-order valence-electron chi connectivity index (χ3n) is 4.35. The van der Waals surface area contributed by atoms with Crippen LogP contribution >= 0.6 is 24.0 Å². The molecular formula is C18H32IN5O3. The number of likely N-dealkylation sites (N-methyl/N-ethyl adjacent to an activating group) is 1. The Kier molecular flexibility index (Phi) is 11.4. The van der Waals surface area contributed by atoms with Crippen molar-refractivity contribution >= 4 is 35.8 Å². The molecule has 0 saturated carbocycles. The summed E-state index contributed by atoms with van der Waals surface area (Å²) in [6.45, 7) is 8.98. The number of rotatable bonds is 8. The monoisotopic (exact) mass is 493 g/mol. The number of nitrogens with one attached hydrogen (secondary N) is 1. The summed E-state index contributed by atoms with van der Waals surface area (Å²) in [6, 6.07) is 3.45. The van der Waals surface area contributed by atoms with Gasteiger partial charge in [0.2, 0.25) is 0 Å². The van der Waals surface area contributed by atoms with Crippen molar-refractivity contribution in [2.45, 2.75) is 6.92 Å². The standard InChI is InChI=1S/C18H31N5O3.HI/c1-4-19-18(20-7-8-21(2)13-15-25-3)23-11-9-22(10-12-23)17(24)16-6-5-14-26-16;/h5-6,14H,4,7-13,15H2,1-3H3,(H,19,20);1H. The van der Waals surface area contributed by atoms with Crippen LogP contribution in [0.2, 0.25) is 0 Å². The molecular weight excluding hydrogens is 461 g/mol. The fourth-order valence-corrected chi connectivity index (χ4v) is 2.79. The third kappa shape index (κ3) is 7.67. The van der Waals surface area contributed by atoms with Gasteiger partial charge in [-0.2, -0.15) is 0 Å². The molecule has 1 fully saturated rings. The van der Waals surface area contributed by atoms with Crippen LogP contribution in [0.25, 0.3) is 0 Å².